The van der Waals surface area contributed by atoms with Crippen LogP contribution in [-0.4, -0.2) is 48.6 Å². The Morgan fingerprint density at radius 1 is 1.07 bits per heavy atom. The Morgan fingerprint density at radius 2 is 1.85 bits per heavy atom. The second-order valence-electron chi connectivity index (χ2n) is 7.04. The standard InChI is InChI=1S/C21H29N5O/c1-3-4-5-9-22-21(27)19-15-20(24-16-23-19)26-12-10-25(11-13-26)18-8-6-7-17(2)14-18/h6-8,14-16H,3-5,9-13H2,1-2H3,(H,22,27). The molecule has 2 aromatic rings. The van der Waals surface area contributed by atoms with Gasteiger partial charge in [-0.2, -0.15) is 0 Å². The maximum atomic E-state index is 12.3. The normalized spacial score (nSPS) is 14.3. The van der Waals surface area contributed by atoms with Crippen molar-refractivity contribution in [2.75, 3.05) is 42.5 Å². The Labute approximate surface area is 161 Å². The van der Waals surface area contributed by atoms with Gasteiger partial charge in [-0.1, -0.05) is 31.9 Å². The summed E-state index contributed by atoms with van der Waals surface area (Å²) in [6.07, 6.45) is 4.76. The zero-order valence-electron chi connectivity index (χ0n) is 16.3. The zero-order valence-corrected chi connectivity index (χ0v) is 16.3. The summed E-state index contributed by atoms with van der Waals surface area (Å²) in [4.78, 5) is 25.4. The van der Waals surface area contributed by atoms with E-state index < -0.39 is 0 Å². The van der Waals surface area contributed by atoms with E-state index in [1.807, 2.05) is 0 Å². The second kappa shape index (κ2) is 9.35. The minimum atomic E-state index is -0.117. The number of aromatic nitrogens is 2. The fourth-order valence-electron chi connectivity index (χ4n) is 3.33. The monoisotopic (exact) mass is 367 g/mol. The molecular formula is C21H29N5O. The van der Waals surface area contributed by atoms with Crippen molar-refractivity contribution in [3.05, 3.63) is 47.9 Å². The molecule has 6 nitrogen and oxygen atoms in total. The molecule has 0 saturated carbocycles. The van der Waals surface area contributed by atoms with E-state index in [0.29, 0.717) is 12.2 Å². The number of piperazine rings is 1. The second-order valence-corrected chi connectivity index (χ2v) is 7.04. The minimum absolute atomic E-state index is 0.117. The quantitative estimate of drug-likeness (QED) is 0.762. The SMILES string of the molecule is CCCCCNC(=O)c1cc(N2CCN(c3cccc(C)c3)CC2)ncn1. The van der Waals surface area contributed by atoms with E-state index >= 15 is 0 Å². The molecule has 6 heteroatoms. The number of benzene rings is 1. The number of rotatable bonds is 7. The predicted octanol–water partition coefficient (Wildman–Crippen LogP) is 3.03. The van der Waals surface area contributed by atoms with Gasteiger partial charge in [-0.25, -0.2) is 9.97 Å². The van der Waals surface area contributed by atoms with Crippen LogP contribution in [0.5, 0.6) is 0 Å². The van der Waals surface area contributed by atoms with Crippen LogP contribution in [0.3, 0.4) is 0 Å². The highest BCUT2D eigenvalue weighted by molar-refractivity contribution is 5.92. The summed E-state index contributed by atoms with van der Waals surface area (Å²) in [7, 11) is 0. The predicted molar refractivity (Wildman–Crippen MR) is 109 cm³/mol. The number of amides is 1. The van der Waals surface area contributed by atoms with E-state index in [4.69, 9.17) is 0 Å². The molecule has 3 rings (SSSR count). The Morgan fingerprint density at radius 3 is 2.59 bits per heavy atom. The molecule has 1 saturated heterocycles. The third-order valence-electron chi connectivity index (χ3n) is 4.92. The number of carbonyl (C=O) groups is 1. The lowest BCUT2D eigenvalue weighted by molar-refractivity contribution is 0.0948. The first-order valence-electron chi connectivity index (χ1n) is 9.84. The van der Waals surface area contributed by atoms with Crippen LogP contribution < -0.4 is 15.1 Å². The molecule has 0 radical (unpaired) electrons. The molecule has 2 heterocycles. The number of carbonyl (C=O) groups excluding carboxylic acids is 1. The van der Waals surface area contributed by atoms with Gasteiger partial charge in [0.05, 0.1) is 0 Å². The van der Waals surface area contributed by atoms with Crippen LogP contribution >= 0.6 is 0 Å². The number of hydrogen-bond donors (Lipinski definition) is 1. The molecule has 0 bridgehead atoms. The molecule has 1 aromatic heterocycles. The van der Waals surface area contributed by atoms with Crippen LogP contribution in [0.2, 0.25) is 0 Å². The van der Waals surface area contributed by atoms with E-state index in [9.17, 15) is 4.79 Å². The van der Waals surface area contributed by atoms with Crippen LogP contribution in [0, 0.1) is 6.92 Å². The first-order valence-corrected chi connectivity index (χ1v) is 9.84. The fourth-order valence-corrected chi connectivity index (χ4v) is 3.33. The minimum Gasteiger partial charge on any atom is -0.368 e. The molecule has 27 heavy (non-hydrogen) atoms. The topological polar surface area (TPSA) is 61.4 Å². The molecule has 0 unspecified atom stereocenters. The van der Waals surface area contributed by atoms with Gasteiger partial charge in [-0.3, -0.25) is 4.79 Å². The molecule has 0 spiro atoms. The first-order chi connectivity index (χ1) is 13.2. The van der Waals surface area contributed by atoms with Crippen molar-refractivity contribution in [1.82, 2.24) is 15.3 Å². The number of anilines is 2. The van der Waals surface area contributed by atoms with Crippen molar-refractivity contribution < 1.29 is 4.79 Å². The summed E-state index contributed by atoms with van der Waals surface area (Å²) in [6, 6.07) is 10.4. The van der Waals surface area contributed by atoms with Gasteiger partial charge < -0.3 is 15.1 Å². The number of aryl methyl sites for hydroxylation is 1. The molecule has 1 fully saturated rings. The van der Waals surface area contributed by atoms with E-state index in [0.717, 1.165) is 51.3 Å². The largest absolute Gasteiger partial charge is 0.368 e. The lowest BCUT2D eigenvalue weighted by Crippen LogP contribution is -2.47. The number of nitrogens with zero attached hydrogens (tertiary/aromatic N) is 4. The molecule has 1 aromatic carbocycles. The van der Waals surface area contributed by atoms with Gasteiger partial charge >= 0.3 is 0 Å². The van der Waals surface area contributed by atoms with E-state index in [2.05, 4.69) is 63.2 Å². The van der Waals surface area contributed by atoms with Crippen molar-refractivity contribution in [1.29, 1.82) is 0 Å². The highest BCUT2D eigenvalue weighted by atomic mass is 16.1. The third kappa shape index (κ3) is 5.18. The first kappa shape index (κ1) is 19.1. The summed E-state index contributed by atoms with van der Waals surface area (Å²) in [5, 5.41) is 2.94. The van der Waals surface area contributed by atoms with Gasteiger partial charge in [0, 0.05) is 44.5 Å². The summed E-state index contributed by atoms with van der Waals surface area (Å²) >= 11 is 0. The summed E-state index contributed by atoms with van der Waals surface area (Å²) < 4.78 is 0. The van der Waals surface area contributed by atoms with Crippen LogP contribution in [0.25, 0.3) is 0 Å². The van der Waals surface area contributed by atoms with Gasteiger partial charge in [-0.15, -0.1) is 0 Å². The van der Waals surface area contributed by atoms with Crippen LogP contribution in [0.15, 0.2) is 36.7 Å². The summed E-state index contributed by atoms with van der Waals surface area (Å²) in [5.41, 5.74) is 2.99. The molecule has 1 aliphatic heterocycles. The zero-order chi connectivity index (χ0) is 19.1. The van der Waals surface area contributed by atoms with Crippen LogP contribution in [0.1, 0.15) is 42.2 Å². The Hall–Kier alpha value is -2.63. The van der Waals surface area contributed by atoms with E-state index in [-0.39, 0.29) is 5.91 Å². The number of hydrogen-bond acceptors (Lipinski definition) is 5. The molecule has 1 N–H and O–H groups in total. The molecular weight excluding hydrogens is 338 g/mol. The van der Waals surface area contributed by atoms with Gasteiger partial charge in [0.1, 0.15) is 17.8 Å². The van der Waals surface area contributed by atoms with Crippen LogP contribution in [0.4, 0.5) is 11.5 Å². The maximum absolute atomic E-state index is 12.3. The smallest absolute Gasteiger partial charge is 0.270 e. The van der Waals surface area contributed by atoms with E-state index in [1.54, 1.807) is 6.07 Å². The van der Waals surface area contributed by atoms with Crippen molar-refractivity contribution in [3.8, 4) is 0 Å². The average molecular weight is 367 g/mol. The van der Waals surface area contributed by atoms with Crippen molar-refractivity contribution in [2.24, 2.45) is 0 Å². The van der Waals surface area contributed by atoms with E-state index in [1.165, 1.54) is 17.6 Å². The van der Waals surface area contributed by atoms with Crippen molar-refractivity contribution in [2.45, 2.75) is 33.1 Å². The molecule has 1 aliphatic rings. The van der Waals surface area contributed by atoms with Gasteiger partial charge in [-0.05, 0) is 31.0 Å². The number of nitrogens with one attached hydrogen (secondary N) is 1. The summed E-state index contributed by atoms with van der Waals surface area (Å²) in [6.45, 7) is 8.59. The van der Waals surface area contributed by atoms with Crippen molar-refractivity contribution in [3.63, 3.8) is 0 Å². The number of unbranched alkanes of at least 4 members (excludes halogenated alkanes) is 2. The molecule has 144 valence electrons. The van der Waals surface area contributed by atoms with Gasteiger partial charge in [0.2, 0.25) is 0 Å². The third-order valence-corrected chi connectivity index (χ3v) is 4.92. The Bertz CT molecular complexity index is 756. The Kier molecular flexibility index (Phi) is 6.63. The molecule has 1 amide bonds. The average Bonchev–Trinajstić information content (AvgIpc) is 2.71. The fraction of sp³-hybridized carbons (Fsp3) is 0.476. The highest BCUT2D eigenvalue weighted by Crippen LogP contribution is 2.20. The molecule has 0 aliphatic carbocycles. The summed E-state index contributed by atoms with van der Waals surface area (Å²) in [5.74, 6) is 0.709. The molecule has 0 atom stereocenters. The Balaban J connectivity index is 1.57. The lowest BCUT2D eigenvalue weighted by Gasteiger charge is -2.36. The van der Waals surface area contributed by atoms with Gasteiger partial charge in [0.25, 0.3) is 5.91 Å². The lowest BCUT2D eigenvalue weighted by atomic mass is 10.2. The highest BCUT2D eigenvalue weighted by Gasteiger charge is 2.19. The van der Waals surface area contributed by atoms with Crippen molar-refractivity contribution >= 4 is 17.4 Å². The van der Waals surface area contributed by atoms with Gasteiger partial charge in [0.15, 0.2) is 0 Å². The maximum Gasteiger partial charge on any atom is 0.270 e. The van der Waals surface area contributed by atoms with Crippen LogP contribution in [-0.2, 0) is 0 Å².